The summed E-state index contributed by atoms with van der Waals surface area (Å²) in [6, 6.07) is 17.9. The van der Waals surface area contributed by atoms with Crippen LogP contribution in [0.25, 0.3) is 0 Å². The fraction of sp³-hybridized carbons (Fsp3) is 0.0500. The van der Waals surface area contributed by atoms with E-state index < -0.39 is 10.0 Å². The first-order valence-electron chi connectivity index (χ1n) is 8.33. The lowest BCUT2D eigenvalue weighted by atomic mass is 10.2. The van der Waals surface area contributed by atoms with E-state index in [0.717, 1.165) is 4.90 Å². The molecule has 0 unspecified atom stereocenters. The number of carbonyl (C=O) groups excluding carboxylic acids is 1. The molecule has 3 aromatic carbocycles. The second kappa shape index (κ2) is 9.09. The molecule has 0 bridgehead atoms. The molecule has 3 aromatic rings. The van der Waals surface area contributed by atoms with Gasteiger partial charge in [-0.25, -0.2) is 8.42 Å². The predicted octanol–water partition coefficient (Wildman–Crippen LogP) is 5.77. The predicted molar refractivity (Wildman–Crippen MR) is 120 cm³/mol. The Morgan fingerprint density at radius 2 is 1.62 bits per heavy atom. The Bertz CT molecular complexity index is 1170. The maximum atomic E-state index is 12.8. The van der Waals surface area contributed by atoms with Gasteiger partial charge in [-0.2, -0.15) is 0 Å². The van der Waals surface area contributed by atoms with Gasteiger partial charge in [0.2, 0.25) is 0 Å². The lowest BCUT2D eigenvalue weighted by Crippen LogP contribution is -2.16. The highest BCUT2D eigenvalue weighted by Gasteiger charge is 2.21. The van der Waals surface area contributed by atoms with Crippen LogP contribution in [0.2, 0.25) is 10.0 Å². The minimum atomic E-state index is -4.02. The zero-order valence-corrected chi connectivity index (χ0v) is 18.3. The summed E-state index contributed by atoms with van der Waals surface area (Å²) < 4.78 is 28.0. The molecule has 150 valence electrons. The van der Waals surface area contributed by atoms with Crippen LogP contribution in [0.5, 0.6) is 0 Å². The van der Waals surface area contributed by atoms with Crippen molar-refractivity contribution >= 4 is 62.3 Å². The van der Waals surface area contributed by atoms with Gasteiger partial charge >= 0.3 is 0 Å². The molecule has 0 radical (unpaired) electrons. The van der Waals surface area contributed by atoms with E-state index in [2.05, 4.69) is 10.0 Å². The number of benzene rings is 3. The van der Waals surface area contributed by atoms with Crippen molar-refractivity contribution in [2.45, 2.75) is 9.79 Å². The molecule has 3 rings (SSSR count). The summed E-state index contributed by atoms with van der Waals surface area (Å²) in [7, 11) is -4.02. The molecule has 0 spiro atoms. The van der Waals surface area contributed by atoms with Gasteiger partial charge in [0.25, 0.3) is 15.9 Å². The monoisotopic (exact) mass is 466 g/mol. The van der Waals surface area contributed by atoms with Crippen LogP contribution in [-0.4, -0.2) is 20.6 Å². The average molecular weight is 467 g/mol. The number of anilines is 2. The molecule has 9 heteroatoms. The van der Waals surface area contributed by atoms with Crippen LogP contribution >= 0.6 is 35.0 Å². The molecule has 0 atom stereocenters. The normalized spacial score (nSPS) is 11.1. The third-order valence-corrected chi connectivity index (χ3v) is 6.92. The molecule has 0 aliphatic carbocycles. The van der Waals surface area contributed by atoms with Gasteiger partial charge in [0.1, 0.15) is 4.90 Å². The Kier molecular flexibility index (Phi) is 6.74. The molecule has 0 saturated heterocycles. The number of halogens is 2. The molecule has 2 N–H and O–H groups in total. The van der Waals surface area contributed by atoms with E-state index in [9.17, 15) is 13.2 Å². The number of para-hydroxylation sites is 1. The van der Waals surface area contributed by atoms with Crippen LogP contribution in [0.3, 0.4) is 0 Å². The van der Waals surface area contributed by atoms with Gasteiger partial charge in [-0.05, 0) is 48.7 Å². The third kappa shape index (κ3) is 5.05. The highest BCUT2D eigenvalue weighted by atomic mass is 35.5. The van der Waals surface area contributed by atoms with Crippen molar-refractivity contribution in [3.8, 4) is 0 Å². The summed E-state index contributed by atoms with van der Waals surface area (Å²) in [5.41, 5.74) is 1.02. The van der Waals surface area contributed by atoms with Gasteiger partial charge in [-0.15, -0.1) is 11.8 Å². The number of sulfonamides is 1. The zero-order chi connectivity index (χ0) is 21.0. The molecule has 0 saturated carbocycles. The van der Waals surface area contributed by atoms with Gasteiger partial charge in [0, 0.05) is 10.6 Å². The molecule has 0 fully saturated rings. The molecular weight excluding hydrogens is 451 g/mol. The largest absolute Gasteiger partial charge is 0.322 e. The molecule has 0 heterocycles. The molecule has 0 aliphatic rings. The van der Waals surface area contributed by atoms with Gasteiger partial charge in [-0.1, -0.05) is 47.5 Å². The lowest BCUT2D eigenvalue weighted by Gasteiger charge is -2.13. The van der Waals surface area contributed by atoms with Gasteiger partial charge in [0.05, 0.1) is 21.3 Å². The maximum absolute atomic E-state index is 12.8. The molecule has 1 amide bonds. The van der Waals surface area contributed by atoms with E-state index in [1.807, 2.05) is 18.4 Å². The molecule has 5 nitrogen and oxygen atoms in total. The number of nitrogens with one attached hydrogen (secondary N) is 2. The lowest BCUT2D eigenvalue weighted by molar-refractivity contribution is 0.102. The van der Waals surface area contributed by atoms with Crippen LogP contribution in [0.15, 0.2) is 76.5 Å². The second-order valence-corrected chi connectivity index (χ2v) is 9.20. The number of carbonyl (C=O) groups is 1. The van der Waals surface area contributed by atoms with E-state index in [4.69, 9.17) is 23.2 Å². The van der Waals surface area contributed by atoms with Crippen LogP contribution in [-0.2, 0) is 10.0 Å². The number of thioether (sulfide) groups is 1. The third-order valence-electron chi connectivity index (χ3n) is 3.95. The summed E-state index contributed by atoms with van der Waals surface area (Å²) in [6.45, 7) is 0. The Morgan fingerprint density at radius 3 is 2.34 bits per heavy atom. The van der Waals surface area contributed by atoms with E-state index >= 15 is 0 Å². The first-order valence-corrected chi connectivity index (χ1v) is 11.8. The van der Waals surface area contributed by atoms with Crippen LogP contribution < -0.4 is 10.0 Å². The zero-order valence-electron chi connectivity index (χ0n) is 15.1. The molecule has 0 aliphatic heterocycles. The van der Waals surface area contributed by atoms with E-state index in [0.29, 0.717) is 11.3 Å². The summed E-state index contributed by atoms with van der Waals surface area (Å²) in [5.74, 6) is -0.348. The van der Waals surface area contributed by atoms with Crippen molar-refractivity contribution in [1.82, 2.24) is 0 Å². The van der Waals surface area contributed by atoms with E-state index in [1.165, 1.54) is 30.0 Å². The summed E-state index contributed by atoms with van der Waals surface area (Å²) in [6.07, 6.45) is 1.87. The fourth-order valence-corrected chi connectivity index (χ4v) is 5.00. The summed E-state index contributed by atoms with van der Waals surface area (Å²) in [4.78, 5) is 13.3. The van der Waals surface area contributed by atoms with Gasteiger partial charge in [-0.3, -0.25) is 9.52 Å². The molecular formula is C20H16Cl2N2O3S2. The smallest absolute Gasteiger partial charge is 0.263 e. The number of rotatable bonds is 6. The maximum Gasteiger partial charge on any atom is 0.263 e. The fourth-order valence-electron chi connectivity index (χ4n) is 2.56. The van der Waals surface area contributed by atoms with E-state index in [-0.39, 0.29) is 26.5 Å². The molecule has 29 heavy (non-hydrogen) atoms. The Hall–Kier alpha value is -2.19. The number of amides is 1. The van der Waals surface area contributed by atoms with Crippen molar-refractivity contribution in [3.05, 3.63) is 82.3 Å². The van der Waals surface area contributed by atoms with Crippen LogP contribution in [0.4, 0.5) is 11.4 Å². The van der Waals surface area contributed by atoms with Crippen molar-refractivity contribution in [2.24, 2.45) is 0 Å². The Morgan fingerprint density at radius 1 is 0.931 bits per heavy atom. The Balaban J connectivity index is 1.90. The van der Waals surface area contributed by atoms with Crippen LogP contribution in [0.1, 0.15) is 10.4 Å². The number of hydrogen-bond donors (Lipinski definition) is 2. The van der Waals surface area contributed by atoms with Crippen molar-refractivity contribution < 1.29 is 13.2 Å². The second-order valence-electron chi connectivity index (χ2n) is 5.88. The van der Waals surface area contributed by atoms with Gasteiger partial charge in [0.15, 0.2) is 0 Å². The standard InChI is InChI=1S/C20H16Cl2N2O3S2/c1-28-18-9-5-2-6-14(18)20(25)23-13-10-11-16(22)19(12-13)29(26,27)24-17-8-4-3-7-15(17)21/h2-12,24H,1H3,(H,23,25). The quantitative estimate of drug-likeness (QED) is 0.452. The van der Waals surface area contributed by atoms with Crippen molar-refractivity contribution in [3.63, 3.8) is 0 Å². The first kappa shape index (κ1) is 21.5. The average Bonchev–Trinajstić information content (AvgIpc) is 2.70. The Labute approximate surface area is 183 Å². The topological polar surface area (TPSA) is 75.3 Å². The highest BCUT2D eigenvalue weighted by Crippen LogP contribution is 2.30. The highest BCUT2D eigenvalue weighted by molar-refractivity contribution is 7.98. The minimum absolute atomic E-state index is 0.0204. The summed E-state index contributed by atoms with van der Waals surface area (Å²) >= 11 is 13.6. The van der Waals surface area contributed by atoms with Crippen molar-refractivity contribution in [2.75, 3.05) is 16.3 Å². The SMILES string of the molecule is CSc1ccccc1C(=O)Nc1ccc(Cl)c(S(=O)(=O)Nc2ccccc2Cl)c1. The van der Waals surface area contributed by atoms with Gasteiger partial charge < -0.3 is 5.32 Å². The van der Waals surface area contributed by atoms with Crippen LogP contribution in [0, 0.1) is 0 Å². The first-order chi connectivity index (χ1) is 13.8. The minimum Gasteiger partial charge on any atom is -0.322 e. The molecule has 0 aromatic heterocycles. The van der Waals surface area contributed by atoms with Crippen molar-refractivity contribution in [1.29, 1.82) is 0 Å². The summed E-state index contributed by atoms with van der Waals surface area (Å²) in [5, 5.41) is 2.99. The van der Waals surface area contributed by atoms with E-state index in [1.54, 1.807) is 36.4 Å². The number of hydrogen-bond acceptors (Lipinski definition) is 4.